The third-order valence-corrected chi connectivity index (χ3v) is 6.70. The number of aromatic hydroxyl groups is 1. The number of carbonyl (C=O) groups excluding carboxylic acids is 1. The molecule has 8 heteroatoms. The van der Waals surface area contributed by atoms with Crippen molar-refractivity contribution in [1.82, 2.24) is 15.3 Å². The standard InChI is InChI=1S/C26H36N4O4/c1-16-23(33)22(24(34)27-14-21(31)32)29-20(28-16)13-18-11-12-30(15-26(18,5)6)19-9-7-17(8-10-19)25(2,3)4/h7-10,18,33H,11-15H2,1-6H3,(H,27,34)(H,31,32). The molecule has 0 radical (unpaired) electrons. The van der Waals surface area contributed by atoms with Crippen LogP contribution in [-0.2, 0) is 16.6 Å². The second-order valence-electron chi connectivity index (χ2n) is 10.9. The predicted octanol–water partition coefficient (Wildman–Crippen LogP) is 3.70. The molecular weight excluding hydrogens is 432 g/mol. The van der Waals surface area contributed by atoms with Gasteiger partial charge in [0, 0.05) is 25.2 Å². The lowest BCUT2D eigenvalue weighted by molar-refractivity contribution is -0.135. The zero-order valence-corrected chi connectivity index (χ0v) is 21.0. The summed E-state index contributed by atoms with van der Waals surface area (Å²) >= 11 is 0. The van der Waals surface area contributed by atoms with Gasteiger partial charge in [0.2, 0.25) is 0 Å². The van der Waals surface area contributed by atoms with Crippen molar-refractivity contribution in [2.75, 3.05) is 24.5 Å². The van der Waals surface area contributed by atoms with Crippen molar-refractivity contribution in [3.63, 3.8) is 0 Å². The van der Waals surface area contributed by atoms with Crippen LogP contribution in [0, 0.1) is 18.3 Å². The zero-order chi connectivity index (χ0) is 25.3. The van der Waals surface area contributed by atoms with Gasteiger partial charge in [0.1, 0.15) is 12.4 Å². The van der Waals surface area contributed by atoms with Crippen LogP contribution in [0.5, 0.6) is 5.75 Å². The fraction of sp³-hybridized carbons (Fsp3) is 0.538. The molecule has 2 aromatic rings. The van der Waals surface area contributed by atoms with E-state index in [1.165, 1.54) is 11.3 Å². The topological polar surface area (TPSA) is 116 Å². The molecule has 1 aliphatic rings. The number of carbonyl (C=O) groups is 2. The van der Waals surface area contributed by atoms with E-state index >= 15 is 0 Å². The number of nitrogens with one attached hydrogen (secondary N) is 1. The number of aliphatic carboxylic acids is 1. The van der Waals surface area contributed by atoms with E-state index in [-0.39, 0.29) is 28.2 Å². The van der Waals surface area contributed by atoms with Gasteiger partial charge in [-0.2, -0.15) is 0 Å². The van der Waals surface area contributed by atoms with Crippen LogP contribution in [0.3, 0.4) is 0 Å². The lowest BCUT2D eigenvalue weighted by atomic mass is 9.72. The van der Waals surface area contributed by atoms with E-state index in [1.807, 2.05) is 0 Å². The summed E-state index contributed by atoms with van der Waals surface area (Å²) in [4.78, 5) is 34.2. The highest BCUT2D eigenvalue weighted by Gasteiger charge is 2.37. The van der Waals surface area contributed by atoms with Crippen LogP contribution in [0.4, 0.5) is 5.69 Å². The highest BCUT2D eigenvalue weighted by molar-refractivity contribution is 5.96. The summed E-state index contributed by atoms with van der Waals surface area (Å²) in [5.41, 5.74) is 2.75. The smallest absolute Gasteiger partial charge is 0.322 e. The minimum atomic E-state index is -1.17. The summed E-state index contributed by atoms with van der Waals surface area (Å²) in [5.74, 6) is -1.44. The van der Waals surface area contributed by atoms with Gasteiger partial charge in [-0.3, -0.25) is 9.59 Å². The van der Waals surface area contributed by atoms with Crippen molar-refractivity contribution >= 4 is 17.6 Å². The Morgan fingerprint density at radius 2 is 1.82 bits per heavy atom. The van der Waals surface area contributed by atoms with E-state index in [4.69, 9.17) is 5.11 Å². The van der Waals surface area contributed by atoms with E-state index < -0.39 is 18.4 Å². The lowest BCUT2D eigenvalue weighted by Gasteiger charge is -2.45. The predicted molar refractivity (Wildman–Crippen MR) is 131 cm³/mol. The minimum absolute atomic E-state index is 0.0260. The molecule has 8 nitrogen and oxygen atoms in total. The SMILES string of the molecule is Cc1nc(CC2CCN(c3ccc(C(C)(C)C)cc3)CC2(C)C)nc(C(=O)NCC(=O)O)c1O. The molecule has 1 aromatic heterocycles. The fourth-order valence-electron chi connectivity index (χ4n) is 4.51. The van der Waals surface area contributed by atoms with Gasteiger partial charge in [0.05, 0.1) is 5.69 Å². The number of hydrogen-bond acceptors (Lipinski definition) is 6. The zero-order valence-electron chi connectivity index (χ0n) is 21.0. The summed E-state index contributed by atoms with van der Waals surface area (Å²) in [6, 6.07) is 8.81. The number of carboxylic acid groups (broad SMARTS) is 1. The fourth-order valence-corrected chi connectivity index (χ4v) is 4.51. The average Bonchev–Trinajstić information content (AvgIpc) is 2.75. The maximum Gasteiger partial charge on any atom is 0.322 e. The first kappa shape index (κ1) is 25.5. The van der Waals surface area contributed by atoms with Crippen molar-refractivity contribution in [3.8, 4) is 5.75 Å². The van der Waals surface area contributed by atoms with Crippen molar-refractivity contribution in [1.29, 1.82) is 0 Å². The summed E-state index contributed by atoms with van der Waals surface area (Å²) < 4.78 is 0. The Morgan fingerprint density at radius 3 is 2.38 bits per heavy atom. The van der Waals surface area contributed by atoms with Gasteiger partial charge < -0.3 is 20.4 Å². The quantitative estimate of drug-likeness (QED) is 0.592. The van der Waals surface area contributed by atoms with E-state index in [9.17, 15) is 14.7 Å². The highest BCUT2D eigenvalue weighted by Crippen LogP contribution is 2.39. The van der Waals surface area contributed by atoms with Crippen molar-refractivity contribution in [3.05, 3.63) is 47.0 Å². The largest absolute Gasteiger partial charge is 0.504 e. The number of aryl methyl sites for hydroxylation is 1. The minimum Gasteiger partial charge on any atom is -0.504 e. The van der Waals surface area contributed by atoms with Gasteiger partial charge in [-0.1, -0.05) is 46.8 Å². The lowest BCUT2D eigenvalue weighted by Crippen LogP contribution is -2.46. The number of amides is 1. The van der Waals surface area contributed by atoms with Crippen molar-refractivity contribution in [2.24, 2.45) is 11.3 Å². The van der Waals surface area contributed by atoms with Gasteiger partial charge in [-0.05, 0) is 47.8 Å². The number of piperidine rings is 1. The van der Waals surface area contributed by atoms with Gasteiger partial charge >= 0.3 is 5.97 Å². The number of benzene rings is 1. The molecule has 1 atom stereocenters. The number of hydrogen-bond donors (Lipinski definition) is 3. The second-order valence-corrected chi connectivity index (χ2v) is 10.9. The molecule has 1 amide bonds. The van der Waals surface area contributed by atoms with Crippen LogP contribution in [0.25, 0.3) is 0 Å². The number of aromatic nitrogens is 2. The van der Waals surface area contributed by atoms with E-state index in [0.717, 1.165) is 19.5 Å². The normalized spacial score (nSPS) is 17.9. The number of nitrogens with zero attached hydrogens (tertiary/aromatic N) is 3. The summed E-state index contributed by atoms with van der Waals surface area (Å²) in [6.45, 7) is 14.0. The van der Waals surface area contributed by atoms with Gasteiger partial charge in [-0.15, -0.1) is 0 Å². The third kappa shape index (κ3) is 5.85. The van der Waals surface area contributed by atoms with Gasteiger partial charge in [0.15, 0.2) is 11.4 Å². The molecule has 3 rings (SSSR count). The Kier molecular flexibility index (Phi) is 7.19. The van der Waals surface area contributed by atoms with Crippen LogP contribution in [0.2, 0.25) is 0 Å². The maximum absolute atomic E-state index is 12.3. The molecule has 0 aliphatic carbocycles. The summed E-state index contributed by atoms with van der Waals surface area (Å²) in [5, 5.41) is 21.3. The van der Waals surface area contributed by atoms with Crippen LogP contribution in [-0.4, -0.2) is 51.7 Å². The Hall–Kier alpha value is -3.16. The number of carboxylic acids is 1. The molecule has 184 valence electrons. The molecule has 1 aliphatic heterocycles. The van der Waals surface area contributed by atoms with Crippen molar-refractivity contribution in [2.45, 2.75) is 59.8 Å². The molecule has 3 N–H and O–H groups in total. The molecule has 0 spiro atoms. The van der Waals surface area contributed by atoms with Crippen LogP contribution < -0.4 is 10.2 Å². The summed E-state index contributed by atoms with van der Waals surface area (Å²) in [6.07, 6.45) is 1.52. The van der Waals surface area contributed by atoms with Gasteiger partial charge in [0.25, 0.3) is 5.91 Å². The molecular formula is C26H36N4O4. The molecule has 0 bridgehead atoms. The maximum atomic E-state index is 12.3. The van der Waals surface area contributed by atoms with Crippen LogP contribution >= 0.6 is 0 Å². The first-order chi connectivity index (χ1) is 15.8. The first-order valence-electron chi connectivity index (χ1n) is 11.7. The molecule has 1 aromatic carbocycles. The van der Waals surface area contributed by atoms with Crippen molar-refractivity contribution < 1.29 is 19.8 Å². The van der Waals surface area contributed by atoms with E-state index in [1.54, 1.807) is 6.92 Å². The van der Waals surface area contributed by atoms with Crippen LogP contribution in [0.1, 0.15) is 68.6 Å². The molecule has 1 fully saturated rings. The average molecular weight is 469 g/mol. The molecule has 1 unspecified atom stereocenters. The highest BCUT2D eigenvalue weighted by atomic mass is 16.4. The third-order valence-electron chi connectivity index (χ3n) is 6.70. The van der Waals surface area contributed by atoms with Crippen LogP contribution in [0.15, 0.2) is 24.3 Å². The molecule has 1 saturated heterocycles. The Labute approximate surface area is 201 Å². The van der Waals surface area contributed by atoms with E-state index in [2.05, 4.69) is 79.1 Å². The Bertz CT molecular complexity index is 1060. The number of rotatable bonds is 6. The second kappa shape index (κ2) is 9.60. The van der Waals surface area contributed by atoms with E-state index in [0.29, 0.717) is 17.9 Å². The Morgan fingerprint density at radius 1 is 1.18 bits per heavy atom. The monoisotopic (exact) mass is 468 g/mol. The number of anilines is 1. The molecule has 0 saturated carbocycles. The summed E-state index contributed by atoms with van der Waals surface area (Å²) in [7, 11) is 0. The first-order valence-corrected chi connectivity index (χ1v) is 11.7. The Balaban J connectivity index is 1.74. The molecule has 2 heterocycles. The molecule has 34 heavy (non-hydrogen) atoms. The van der Waals surface area contributed by atoms with Gasteiger partial charge in [-0.25, -0.2) is 9.97 Å².